The summed E-state index contributed by atoms with van der Waals surface area (Å²) in [6.45, 7) is 0. The van der Waals surface area contributed by atoms with E-state index < -0.39 is 5.41 Å². The van der Waals surface area contributed by atoms with E-state index in [0.717, 1.165) is 11.4 Å². The molecule has 290 valence electrons. The van der Waals surface area contributed by atoms with Gasteiger partial charge in [-0.05, 0) is 109 Å². The molecule has 3 heteroatoms. The van der Waals surface area contributed by atoms with Crippen LogP contribution >= 0.6 is 23.1 Å². The minimum Gasteiger partial charge on any atom is -0.309 e. The van der Waals surface area contributed by atoms with Crippen molar-refractivity contribution >= 4 is 71.1 Å². The molecule has 0 unspecified atom stereocenters. The maximum atomic E-state index is 2.53. The standard InChI is InChI=1S/C59H37NS2/c1-3-17-38(18-4-1)40-20-15-21-41(35-40)47-36-43(37-48-56-44-24-8-7-19-39(44)33-34-55(56)62-57(47)48)60(42-22-5-2-6-23-42)53-31-16-30-52-58(53)61-54-32-14-13-29-51(54)59(52)49-27-11-9-25-45(49)46-26-10-12-28-50(46)59/h1-37H. The lowest BCUT2D eigenvalue weighted by Gasteiger charge is -2.41. The topological polar surface area (TPSA) is 3.24 Å². The number of hydrogen-bond acceptors (Lipinski definition) is 3. The molecule has 0 saturated heterocycles. The molecule has 0 fully saturated rings. The molecule has 10 aromatic carbocycles. The van der Waals surface area contributed by atoms with Crippen LogP contribution < -0.4 is 4.90 Å². The summed E-state index contributed by atoms with van der Waals surface area (Å²) in [6.07, 6.45) is 0. The van der Waals surface area contributed by atoms with E-state index in [1.807, 2.05) is 23.1 Å². The van der Waals surface area contributed by atoms with Crippen molar-refractivity contribution in [2.75, 3.05) is 4.90 Å². The smallest absolute Gasteiger partial charge is 0.0736 e. The lowest BCUT2D eigenvalue weighted by atomic mass is 9.67. The Morgan fingerprint density at radius 2 is 1.02 bits per heavy atom. The quantitative estimate of drug-likeness (QED) is 0.170. The van der Waals surface area contributed by atoms with Gasteiger partial charge < -0.3 is 4.90 Å². The average Bonchev–Trinajstić information content (AvgIpc) is 3.87. The zero-order chi connectivity index (χ0) is 40.8. The molecule has 0 saturated carbocycles. The molecule has 1 aliphatic carbocycles. The molecule has 0 radical (unpaired) electrons. The Hall–Kier alpha value is -7.17. The normalized spacial score (nSPS) is 13.2. The van der Waals surface area contributed by atoms with Crippen LogP contribution in [0.3, 0.4) is 0 Å². The molecular formula is C59H37NS2. The van der Waals surface area contributed by atoms with Crippen molar-refractivity contribution in [3.05, 3.63) is 247 Å². The van der Waals surface area contributed by atoms with Crippen molar-refractivity contribution in [3.63, 3.8) is 0 Å². The Bertz CT molecular complexity index is 3520. The SMILES string of the molecule is c1ccc(-c2cccc(-c3cc(N(c4ccccc4)c4cccc5c4Sc4ccccc4C54c5ccccc5-c5ccccc54)cc4c3sc3ccc5ccccc5c34)c2)cc1. The zero-order valence-electron chi connectivity index (χ0n) is 33.6. The van der Waals surface area contributed by atoms with Crippen LogP contribution in [-0.2, 0) is 5.41 Å². The Balaban J connectivity index is 1.12. The molecule has 2 aliphatic rings. The maximum Gasteiger partial charge on any atom is 0.0736 e. The molecule has 0 atom stereocenters. The first kappa shape index (κ1) is 35.6. The van der Waals surface area contributed by atoms with E-state index in [1.165, 1.54) is 102 Å². The van der Waals surface area contributed by atoms with Gasteiger partial charge in [-0.3, -0.25) is 0 Å². The molecule has 62 heavy (non-hydrogen) atoms. The molecule has 0 amide bonds. The van der Waals surface area contributed by atoms with Crippen molar-refractivity contribution < 1.29 is 0 Å². The molecule has 1 nitrogen and oxygen atoms in total. The van der Waals surface area contributed by atoms with E-state index >= 15 is 0 Å². The fourth-order valence-corrected chi connectivity index (χ4v) is 13.0. The summed E-state index contributed by atoms with van der Waals surface area (Å²) in [5.41, 5.74) is 15.8. The highest BCUT2D eigenvalue weighted by Crippen LogP contribution is 2.64. The van der Waals surface area contributed by atoms with Gasteiger partial charge >= 0.3 is 0 Å². The van der Waals surface area contributed by atoms with Crippen LogP contribution in [-0.4, -0.2) is 0 Å². The highest BCUT2D eigenvalue weighted by Gasteiger charge is 2.50. The van der Waals surface area contributed by atoms with Gasteiger partial charge in [-0.1, -0.05) is 188 Å². The van der Waals surface area contributed by atoms with Gasteiger partial charge in [0.15, 0.2) is 0 Å². The fraction of sp³-hybridized carbons (Fsp3) is 0.0169. The Morgan fingerprint density at radius 3 is 1.82 bits per heavy atom. The molecule has 0 bridgehead atoms. The first-order valence-electron chi connectivity index (χ1n) is 21.2. The molecular weight excluding hydrogens is 787 g/mol. The summed E-state index contributed by atoms with van der Waals surface area (Å²) in [5.74, 6) is 0. The lowest BCUT2D eigenvalue weighted by Crippen LogP contribution is -2.32. The van der Waals surface area contributed by atoms with E-state index in [-0.39, 0.29) is 0 Å². The van der Waals surface area contributed by atoms with Crippen LogP contribution in [0.5, 0.6) is 0 Å². The van der Waals surface area contributed by atoms with E-state index in [0.29, 0.717) is 0 Å². The average molecular weight is 824 g/mol. The highest BCUT2D eigenvalue weighted by molar-refractivity contribution is 7.99. The molecule has 0 N–H and O–H groups in total. The number of benzene rings is 10. The molecule has 13 rings (SSSR count). The summed E-state index contributed by atoms with van der Waals surface area (Å²) in [7, 11) is 0. The molecule has 1 spiro atoms. The van der Waals surface area contributed by atoms with Gasteiger partial charge in [-0.15, -0.1) is 11.3 Å². The van der Waals surface area contributed by atoms with E-state index in [4.69, 9.17) is 0 Å². The first-order valence-corrected chi connectivity index (χ1v) is 22.9. The van der Waals surface area contributed by atoms with Crippen LogP contribution in [0.1, 0.15) is 22.3 Å². The maximum absolute atomic E-state index is 2.53. The molecule has 11 aromatic rings. The predicted octanol–water partition coefficient (Wildman–Crippen LogP) is 16.8. The van der Waals surface area contributed by atoms with Crippen molar-refractivity contribution in [2.45, 2.75) is 15.2 Å². The fourth-order valence-electron chi connectivity index (χ4n) is 10.5. The van der Waals surface area contributed by atoms with Crippen molar-refractivity contribution in [2.24, 2.45) is 0 Å². The van der Waals surface area contributed by atoms with E-state index in [9.17, 15) is 0 Å². The number of thiophene rings is 1. The van der Waals surface area contributed by atoms with Crippen LogP contribution in [0.15, 0.2) is 234 Å². The number of nitrogens with zero attached hydrogens (tertiary/aromatic N) is 1. The number of anilines is 3. The van der Waals surface area contributed by atoms with Gasteiger partial charge in [0, 0.05) is 46.9 Å². The molecule has 1 aliphatic heterocycles. The van der Waals surface area contributed by atoms with Gasteiger partial charge in [0.05, 0.1) is 11.1 Å². The molecule has 1 aromatic heterocycles. The number of fused-ring (bicyclic) bond motifs is 14. The van der Waals surface area contributed by atoms with Gasteiger partial charge in [-0.25, -0.2) is 0 Å². The Kier molecular flexibility index (Phi) is 8.00. The lowest BCUT2D eigenvalue weighted by molar-refractivity contribution is 0.722. The van der Waals surface area contributed by atoms with Crippen LogP contribution in [0.25, 0.3) is 64.3 Å². The largest absolute Gasteiger partial charge is 0.309 e. The number of para-hydroxylation sites is 1. The van der Waals surface area contributed by atoms with E-state index in [1.54, 1.807) is 0 Å². The Labute approximate surface area is 369 Å². The minimum atomic E-state index is -0.474. The Morgan fingerprint density at radius 1 is 0.387 bits per heavy atom. The monoisotopic (exact) mass is 823 g/mol. The molecule has 2 heterocycles. The van der Waals surface area contributed by atoms with Gasteiger partial charge in [0.2, 0.25) is 0 Å². The zero-order valence-corrected chi connectivity index (χ0v) is 35.3. The third-order valence-electron chi connectivity index (χ3n) is 13.1. The van der Waals surface area contributed by atoms with E-state index in [2.05, 4.69) is 229 Å². The van der Waals surface area contributed by atoms with Crippen molar-refractivity contribution in [3.8, 4) is 33.4 Å². The van der Waals surface area contributed by atoms with Gasteiger partial charge in [-0.2, -0.15) is 0 Å². The van der Waals surface area contributed by atoms with Crippen LogP contribution in [0, 0.1) is 0 Å². The van der Waals surface area contributed by atoms with Gasteiger partial charge in [0.1, 0.15) is 0 Å². The number of hydrogen-bond donors (Lipinski definition) is 0. The van der Waals surface area contributed by atoms with Gasteiger partial charge in [0.25, 0.3) is 0 Å². The summed E-state index contributed by atoms with van der Waals surface area (Å²) in [5, 5.41) is 5.13. The minimum absolute atomic E-state index is 0.474. The van der Waals surface area contributed by atoms with Crippen LogP contribution in [0.4, 0.5) is 17.1 Å². The third-order valence-corrected chi connectivity index (χ3v) is 15.5. The number of rotatable bonds is 5. The van der Waals surface area contributed by atoms with Crippen molar-refractivity contribution in [1.82, 2.24) is 0 Å². The second-order valence-electron chi connectivity index (χ2n) is 16.3. The van der Waals surface area contributed by atoms with Crippen molar-refractivity contribution in [1.29, 1.82) is 0 Å². The summed E-state index contributed by atoms with van der Waals surface area (Å²) in [6, 6.07) is 83.5. The second kappa shape index (κ2) is 13.9. The summed E-state index contributed by atoms with van der Waals surface area (Å²) >= 11 is 3.81. The van der Waals surface area contributed by atoms with Crippen LogP contribution in [0.2, 0.25) is 0 Å². The predicted molar refractivity (Wildman–Crippen MR) is 264 cm³/mol. The summed E-state index contributed by atoms with van der Waals surface area (Å²) < 4.78 is 2.60. The first-order chi connectivity index (χ1) is 30.8. The highest BCUT2D eigenvalue weighted by atomic mass is 32.2. The third kappa shape index (κ3) is 5.16. The summed E-state index contributed by atoms with van der Waals surface area (Å²) in [4.78, 5) is 5.09. The second-order valence-corrected chi connectivity index (χ2v) is 18.4.